The minimum Gasteiger partial charge on any atom is -0.481 e. The molecule has 5 nitrogen and oxygen atoms in total. The second-order valence-electron chi connectivity index (χ2n) is 4.35. The topological polar surface area (TPSA) is 66.3 Å². The summed E-state index contributed by atoms with van der Waals surface area (Å²) in [6.07, 6.45) is 1.75. The highest BCUT2D eigenvalue weighted by Crippen LogP contribution is 2.14. The highest BCUT2D eigenvalue weighted by atomic mass is 16.4. The number of anilines is 1. The first-order valence-electron chi connectivity index (χ1n) is 5.73. The summed E-state index contributed by atoms with van der Waals surface area (Å²) in [5.74, 6) is -0.727. The Balaban J connectivity index is 2.22. The van der Waals surface area contributed by atoms with Crippen molar-refractivity contribution in [2.24, 2.45) is 5.92 Å². The zero-order valence-corrected chi connectivity index (χ0v) is 10.4. The highest BCUT2D eigenvalue weighted by molar-refractivity contribution is 5.78. The minimum absolute atomic E-state index is 0.383. The Morgan fingerprint density at radius 3 is 2.89 bits per heavy atom. The van der Waals surface area contributed by atoms with Crippen LogP contribution in [0, 0.1) is 5.92 Å². The fraction of sp³-hybridized carbons (Fsp3) is 0.308. The van der Waals surface area contributed by atoms with Crippen molar-refractivity contribution in [2.45, 2.75) is 6.92 Å². The summed E-state index contributed by atoms with van der Waals surface area (Å²) in [7, 11) is 1.80. The van der Waals surface area contributed by atoms with Crippen molar-refractivity contribution in [2.75, 3.05) is 18.5 Å². The van der Waals surface area contributed by atoms with Crippen LogP contribution < -0.4 is 4.90 Å². The van der Waals surface area contributed by atoms with E-state index in [1.54, 1.807) is 25.1 Å². The molecule has 0 spiro atoms. The van der Waals surface area contributed by atoms with Gasteiger partial charge < -0.3 is 10.0 Å². The average molecular weight is 245 g/mol. The van der Waals surface area contributed by atoms with E-state index in [2.05, 4.69) is 9.97 Å². The van der Waals surface area contributed by atoms with E-state index in [0.717, 1.165) is 10.9 Å². The molecule has 0 bridgehead atoms. The lowest BCUT2D eigenvalue weighted by Gasteiger charge is -2.19. The van der Waals surface area contributed by atoms with Crippen LogP contribution in [0.5, 0.6) is 0 Å². The van der Waals surface area contributed by atoms with Crippen LogP contribution in [-0.2, 0) is 4.79 Å². The van der Waals surface area contributed by atoms with E-state index in [1.165, 1.54) is 0 Å². The second-order valence-corrected chi connectivity index (χ2v) is 4.35. The standard InChI is InChI=1S/C13H15N3O2/c1-9(12(17)18)8-16(2)13-14-7-10-5-3-4-6-11(10)15-13/h3-7,9H,8H2,1-2H3,(H,17,18). The Hall–Kier alpha value is -2.17. The van der Waals surface area contributed by atoms with Crippen LogP contribution >= 0.6 is 0 Å². The van der Waals surface area contributed by atoms with E-state index in [-0.39, 0.29) is 0 Å². The normalized spacial score (nSPS) is 12.3. The van der Waals surface area contributed by atoms with E-state index in [9.17, 15) is 4.79 Å². The van der Waals surface area contributed by atoms with Gasteiger partial charge in [-0.1, -0.05) is 25.1 Å². The largest absolute Gasteiger partial charge is 0.481 e. The summed E-state index contributed by atoms with van der Waals surface area (Å²) >= 11 is 0. The van der Waals surface area contributed by atoms with E-state index in [4.69, 9.17) is 5.11 Å². The molecule has 0 aliphatic heterocycles. The van der Waals surface area contributed by atoms with Crippen LogP contribution in [0.2, 0.25) is 0 Å². The quantitative estimate of drug-likeness (QED) is 0.889. The van der Waals surface area contributed by atoms with Crippen LogP contribution in [0.15, 0.2) is 30.5 Å². The monoisotopic (exact) mass is 245 g/mol. The SMILES string of the molecule is CC(CN(C)c1ncc2ccccc2n1)C(=O)O. The maximum absolute atomic E-state index is 10.8. The van der Waals surface area contributed by atoms with Crippen molar-refractivity contribution in [3.05, 3.63) is 30.5 Å². The Labute approximate surface area is 105 Å². The van der Waals surface area contributed by atoms with Crippen LogP contribution in [0.1, 0.15) is 6.92 Å². The first-order valence-corrected chi connectivity index (χ1v) is 5.73. The molecule has 2 aromatic rings. The molecule has 5 heteroatoms. The molecule has 1 aromatic heterocycles. The number of para-hydroxylation sites is 1. The molecule has 0 amide bonds. The summed E-state index contributed by atoms with van der Waals surface area (Å²) in [6, 6.07) is 7.70. The van der Waals surface area contributed by atoms with Gasteiger partial charge in [0.1, 0.15) is 0 Å². The van der Waals surface area contributed by atoms with Crippen LogP contribution in [0.4, 0.5) is 5.95 Å². The maximum atomic E-state index is 10.8. The maximum Gasteiger partial charge on any atom is 0.308 e. The lowest BCUT2D eigenvalue weighted by Crippen LogP contribution is -2.29. The molecule has 1 heterocycles. The highest BCUT2D eigenvalue weighted by Gasteiger charge is 2.15. The van der Waals surface area contributed by atoms with Crippen molar-refractivity contribution in [1.29, 1.82) is 0 Å². The number of rotatable bonds is 4. The first-order chi connectivity index (χ1) is 8.58. The predicted molar refractivity (Wildman–Crippen MR) is 69.6 cm³/mol. The summed E-state index contributed by atoms with van der Waals surface area (Å²) in [5, 5.41) is 9.86. The second kappa shape index (κ2) is 5.00. The van der Waals surface area contributed by atoms with Crippen molar-refractivity contribution in [3.63, 3.8) is 0 Å². The molecule has 18 heavy (non-hydrogen) atoms. The molecule has 1 aromatic carbocycles. The third kappa shape index (κ3) is 2.56. The summed E-state index contributed by atoms with van der Waals surface area (Å²) < 4.78 is 0. The number of benzene rings is 1. The van der Waals surface area contributed by atoms with Gasteiger partial charge >= 0.3 is 5.97 Å². The van der Waals surface area contributed by atoms with Gasteiger partial charge in [-0.2, -0.15) is 0 Å². The minimum atomic E-state index is -0.817. The summed E-state index contributed by atoms with van der Waals surface area (Å²) in [4.78, 5) is 21.2. The number of carboxylic acids is 1. The molecule has 1 N–H and O–H groups in total. The lowest BCUT2D eigenvalue weighted by atomic mass is 10.2. The zero-order chi connectivity index (χ0) is 13.1. The smallest absolute Gasteiger partial charge is 0.308 e. The molecule has 2 rings (SSSR count). The van der Waals surface area contributed by atoms with Gasteiger partial charge in [-0.3, -0.25) is 4.79 Å². The van der Waals surface area contributed by atoms with Crippen LogP contribution in [0.25, 0.3) is 10.9 Å². The van der Waals surface area contributed by atoms with Gasteiger partial charge in [-0.25, -0.2) is 9.97 Å². The predicted octanol–water partition coefficient (Wildman–Crippen LogP) is 1.79. The number of nitrogens with zero attached hydrogens (tertiary/aromatic N) is 3. The molecule has 0 saturated carbocycles. The zero-order valence-electron chi connectivity index (χ0n) is 10.4. The molecule has 0 aliphatic rings. The number of carboxylic acid groups (broad SMARTS) is 1. The molecule has 0 fully saturated rings. The van der Waals surface area contributed by atoms with Crippen LogP contribution in [0.3, 0.4) is 0 Å². The molecule has 0 radical (unpaired) electrons. The molecule has 0 aliphatic carbocycles. The van der Waals surface area contributed by atoms with Crippen molar-refractivity contribution in [1.82, 2.24) is 9.97 Å². The fourth-order valence-electron chi connectivity index (χ4n) is 1.72. The molecule has 94 valence electrons. The Morgan fingerprint density at radius 2 is 2.17 bits per heavy atom. The summed E-state index contributed by atoms with van der Waals surface area (Å²) in [5.41, 5.74) is 0.859. The van der Waals surface area contributed by atoms with E-state index in [0.29, 0.717) is 12.5 Å². The number of hydrogen-bond donors (Lipinski definition) is 1. The van der Waals surface area contributed by atoms with Gasteiger partial charge in [0, 0.05) is 25.2 Å². The summed E-state index contributed by atoms with van der Waals surface area (Å²) in [6.45, 7) is 2.05. The van der Waals surface area contributed by atoms with Crippen molar-refractivity contribution in [3.8, 4) is 0 Å². The molecular weight excluding hydrogens is 230 g/mol. The number of aliphatic carboxylic acids is 1. The Bertz CT molecular complexity index is 571. The molecule has 0 saturated heterocycles. The third-order valence-corrected chi connectivity index (χ3v) is 2.79. The van der Waals surface area contributed by atoms with Gasteiger partial charge in [0.2, 0.25) is 5.95 Å². The van der Waals surface area contributed by atoms with Gasteiger partial charge in [0.15, 0.2) is 0 Å². The van der Waals surface area contributed by atoms with Gasteiger partial charge in [-0.05, 0) is 6.07 Å². The van der Waals surface area contributed by atoms with E-state index in [1.807, 2.05) is 24.3 Å². The van der Waals surface area contributed by atoms with Gasteiger partial charge in [-0.15, -0.1) is 0 Å². The Morgan fingerprint density at radius 1 is 1.44 bits per heavy atom. The molecular formula is C13H15N3O2. The van der Waals surface area contributed by atoms with Gasteiger partial charge in [0.05, 0.1) is 11.4 Å². The number of hydrogen-bond acceptors (Lipinski definition) is 4. The third-order valence-electron chi connectivity index (χ3n) is 2.79. The number of aromatic nitrogens is 2. The van der Waals surface area contributed by atoms with Crippen LogP contribution in [-0.4, -0.2) is 34.6 Å². The lowest BCUT2D eigenvalue weighted by molar-refractivity contribution is -0.140. The first kappa shape index (κ1) is 12.3. The molecule has 1 unspecified atom stereocenters. The van der Waals surface area contributed by atoms with E-state index >= 15 is 0 Å². The van der Waals surface area contributed by atoms with Crippen molar-refractivity contribution < 1.29 is 9.90 Å². The molecule has 1 atom stereocenters. The Kier molecular flexibility index (Phi) is 3.41. The number of carbonyl (C=O) groups is 1. The van der Waals surface area contributed by atoms with Gasteiger partial charge in [0.25, 0.3) is 0 Å². The number of fused-ring (bicyclic) bond motifs is 1. The fourth-order valence-corrected chi connectivity index (χ4v) is 1.72. The average Bonchev–Trinajstić information content (AvgIpc) is 2.37. The van der Waals surface area contributed by atoms with Crippen molar-refractivity contribution >= 4 is 22.8 Å². The van der Waals surface area contributed by atoms with E-state index < -0.39 is 11.9 Å².